The number of pyridine rings is 1. The molecule has 0 spiro atoms. The molecule has 0 atom stereocenters. The van der Waals surface area contributed by atoms with E-state index >= 15 is 0 Å². The van der Waals surface area contributed by atoms with Crippen LogP contribution >= 0.6 is 0 Å². The average molecular weight is 363 g/mol. The van der Waals surface area contributed by atoms with E-state index in [0.717, 1.165) is 49.4 Å². The van der Waals surface area contributed by atoms with Crippen LogP contribution in [0.5, 0.6) is 0 Å². The molecular weight excluding hydrogens is 338 g/mol. The summed E-state index contributed by atoms with van der Waals surface area (Å²) in [5.41, 5.74) is 4.73. The van der Waals surface area contributed by atoms with Gasteiger partial charge in [-0.05, 0) is 48.4 Å². The van der Waals surface area contributed by atoms with Crippen LogP contribution in [0.15, 0.2) is 48.7 Å². The van der Waals surface area contributed by atoms with E-state index in [2.05, 4.69) is 34.6 Å². The summed E-state index contributed by atoms with van der Waals surface area (Å²) in [4.78, 5) is 17.4. The number of aryl methyl sites for hydroxylation is 1. The number of nitrogens with one attached hydrogen (secondary N) is 1. The lowest BCUT2D eigenvalue weighted by Crippen LogP contribution is -2.25. The van der Waals surface area contributed by atoms with Crippen LogP contribution in [0.25, 0.3) is 5.65 Å². The molecule has 3 heterocycles. The van der Waals surface area contributed by atoms with Crippen LogP contribution in [-0.2, 0) is 17.7 Å². The minimum atomic E-state index is -0.0842. The zero-order valence-electron chi connectivity index (χ0n) is 15.6. The number of carbonyl (C=O) groups is 1. The number of imidazole rings is 1. The Bertz CT molecular complexity index is 924. The molecule has 3 aromatic rings. The first-order valence-electron chi connectivity index (χ1n) is 9.67. The zero-order chi connectivity index (χ0) is 18.6. The highest BCUT2D eigenvalue weighted by atomic mass is 16.5. The first-order valence-corrected chi connectivity index (χ1v) is 9.67. The third-order valence-corrected chi connectivity index (χ3v) is 5.28. The Hall–Kier alpha value is -2.66. The van der Waals surface area contributed by atoms with Crippen molar-refractivity contribution in [3.63, 3.8) is 0 Å². The molecule has 4 rings (SSSR count). The molecule has 2 aromatic heterocycles. The molecule has 1 N–H and O–H groups in total. The number of amides is 1. The summed E-state index contributed by atoms with van der Waals surface area (Å²) in [7, 11) is 0. The van der Waals surface area contributed by atoms with Gasteiger partial charge in [-0.25, -0.2) is 4.98 Å². The second kappa shape index (κ2) is 7.92. The van der Waals surface area contributed by atoms with Crippen molar-refractivity contribution in [2.24, 2.45) is 0 Å². The summed E-state index contributed by atoms with van der Waals surface area (Å²) in [6.07, 6.45) is 4.79. The SMILES string of the molecule is CCc1nc2ccccn2c1C(=O)NCc1ccc(C2CCOCC2)cc1. The Labute approximate surface area is 159 Å². The van der Waals surface area contributed by atoms with Gasteiger partial charge < -0.3 is 10.1 Å². The van der Waals surface area contributed by atoms with Crippen LogP contribution < -0.4 is 5.32 Å². The van der Waals surface area contributed by atoms with Gasteiger partial charge in [0.1, 0.15) is 11.3 Å². The fourth-order valence-electron chi connectivity index (χ4n) is 3.74. The Balaban J connectivity index is 1.45. The van der Waals surface area contributed by atoms with E-state index in [1.54, 1.807) is 0 Å². The highest BCUT2D eigenvalue weighted by Crippen LogP contribution is 2.26. The molecule has 1 aromatic carbocycles. The van der Waals surface area contributed by atoms with Crippen molar-refractivity contribution in [2.75, 3.05) is 13.2 Å². The fraction of sp³-hybridized carbons (Fsp3) is 0.364. The third kappa shape index (κ3) is 3.74. The molecule has 0 radical (unpaired) electrons. The highest BCUT2D eigenvalue weighted by Gasteiger charge is 2.18. The van der Waals surface area contributed by atoms with Gasteiger partial charge in [0.25, 0.3) is 5.91 Å². The Morgan fingerprint density at radius 3 is 2.70 bits per heavy atom. The predicted molar refractivity (Wildman–Crippen MR) is 105 cm³/mol. The van der Waals surface area contributed by atoms with Crippen LogP contribution in [0.4, 0.5) is 0 Å². The number of benzene rings is 1. The molecular formula is C22H25N3O2. The minimum Gasteiger partial charge on any atom is -0.381 e. The lowest BCUT2D eigenvalue weighted by molar-refractivity contribution is 0.0853. The maximum absolute atomic E-state index is 12.8. The van der Waals surface area contributed by atoms with Crippen molar-refractivity contribution in [3.8, 4) is 0 Å². The van der Waals surface area contributed by atoms with E-state index in [1.807, 2.05) is 35.7 Å². The molecule has 5 nitrogen and oxygen atoms in total. The Morgan fingerprint density at radius 1 is 1.19 bits per heavy atom. The molecule has 0 unspecified atom stereocenters. The van der Waals surface area contributed by atoms with E-state index < -0.39 is 0 Å². The van der Waals surface area contributed by atoms with Gasteiger partial charge in [-0.15, -0.1) is 0 Å². The number of hydrogen-bond acceptors (Lipinski definition) is 3. The molecule has 1 saturated heterocycles. The molecule has 0 bridgehead atoms. The second-order valence-corrected chi connectivity index (χ2v) is 7.00. The molecule has 5 heteroatoms. The number of carbonyl (C=O) groups excluding carboxylic acids is 1. The minimum absolute atomic E-state index is 0.0842. The molecule has 1 fully saturated rings. The van der Waals surface area contributed by atoms with Crippen LogP contribution in [0.2, 0.25) is 0 Å². The van der Waals surface area contributed by atoms with Crippen molar-refractivity contribution in [3.05, 3.63) is 71.2 Å². The van der Waals surface area contributed by atoms with Crippen LogP contribution in [-0.4, -0.2) is 28.5 Å². The van der Waals surface area contributed by atoms with E-state index in [0.29, 0.717) is 18.2 Å². The van der Waals surface area contributed by atoms with E-state index in [1.165, 1.54) is 5.56 Å². The first kappa shape index (κ1) is 17.7. The summed E-state index contributed by atoms with van der Waals surface area (Å²) in [5.74, 6) is 0.506. The van der Waals surface area contributed by atoms with Gasteiger partial charge in [0.15, 0.2) is 0 Å². The zero-order valence-corrected chi connectivity index (χ0v) is 15.6. The standard InChI is InChI=1S/C22H25N3O2/c1-2-19-21(25-12-4-3-5-20(25)24-19)22(26)23-15-16-6-8-17(9-7-16)18-10-13-27-14-11-18/h3-9,12,18H,2,10-11,13-15H2,1H3,(H,23,26). The van der Waals surface area contributed by atoms with Crippen molar-refractivity contribution in [1.29, 1.82) is 0 Å². The lowest BCUT2D eigenvalue weighted by Gasteiger charge is -2.22. The van der Waals surface area contributed by atoms with E-state index in [4.69, 9.17) is 4.74 Å². The highest BCUT2D eigenvalue weighted by molar-refractivity contribution is 5.94. The normalized spacial score (nSPS) is 15.1. The molecule has 1 aliphatic heterocycles. The monoisotopic (exact) mass is 363 g/mol. The topological polar surface area (TPSA) is 55.6 Å². The van der Waals surface area contributed by atoms with Crippen molar-refractivity contribution in [2.45, 2.75) is 38.6 Å². The summed E-state index contributed by atoms with van der Waals surface area (Å²) >= 11 is 0. The van der Waals surface area contributed by atoms with Gasteiger partial charge >= 0.3 is 0 Å². The van der Waals surface area contributed by atoms with Gasteiger partial charge in [0.05, 0.1) is 5.69 Å². The van der Waals surface area contributed by atoms with Gasteiger partial charge in [-0.1, -0.05) is 37.3 Å². The summed E-state index contributed by atoms with van der Waals surface area (Å²) in [6, 6.07) is 14.4. The quantitative estimate of drug-likeness (QED) is 0.752. The van der Waals surface area contributed by atoms with Gasteiger partial charge in [-0.3, -0.25) is 9.20 Å². The Morgan fingerprint density at radius 2 is 1.96 bits per heavy atom. The summed E-state index contributed by atoms with van der Waals surface area (Å²) in [5, 5.41) is 3.05. The smallest absolute Gasteiger partial charge is 0.270 e. The third-order valence-electron chi connectivity index (χ3n) is 5.28. The predicted octanol–water partition coefficient (Wildman–Crippen LogP) is 3.72. The molecule has 0 aliphatic carbocycles. The number of nitrogens with zero attached hydrogens (tertiary/aromatic N) is 2. The van der Waals surface area contributed by atoms with Gasteiger partial charge in [0, 0.05) is 26.0 Å². The van der Waals surface area contributed by atoms with Crippen molar-refractivity contribution >= 4 is 11.6 Å². The van der Waals surface area contributed by atoms with Crippen molar-refractivity contribution in [1.82, 2.24) is 14.7 Å². The van der Waals surface area contributed by atoms with E-state index in [9.17, 15) is 4.79 Å². The molecule has 27 heavy (non-hydrogen) atoms. The number of fused-ring (bicyclic) bond motifs is 1. The number of ether oxygens (including phenoxy) is 1. The first-order chi connectivity index (χ1) is 13.3. The summed E-state index contributed by atoms with van der Waals surface area (Å²) < 4.78 is 7.30. The van der Waals surface area contributed by atoms with Crippen LogP contribution in [0, 0.1) is 0 Å². The largest absolute Gasteiger partial charge is 0.381 e. The number of rotatable bonds is 5. The second-order valence-electron chi connectivity index (χ2n) is 7.00. The molecule has 140 valence electrons. The molecule has 0 saturated carbocycles. The maximum atomic E-state index is 12.8. The molecule has 1 aliphatic rings. The van der Waals surface area contributed by atoms with E-state index in [-0.39, 0.29) is 5.91 Å². The summed E-state index contributed by atoms with van der Waals surface area (Å²) in [6.45, 7) is 4.23. The number of hydrogen-bond donors (Lipinski definition) is 1. The van der Waals surface area contributed by atoms with Crippen LogP contribution in [0.1, 0.15) is 53.0 Å². The Kier molecular flexibility index (Phi) is 5.21. The van der Waals surface area contributed by atoms with Gasteiger partial charge in [-0.2, -0.15) is 0 Å². The van der Waals surface area contributed by atoms with Crippen LogP contribution in [0.3, 0.4) is 0 Å². The lowest BCUT2D eigenvalue weighted by atomic mass is 9.91. The number of aromatic nitrogens is 2. The average Bonchev–Trinajstić information content (AvgIpc) is 3.12. The fourth-order valence-corrected chi connectivity index (χ4v) is 3.74. The maximum Gasteiger partial charge on any atom is 0.270 e. The van der Waals surface area contributed by atoms with Crippen molar-refractivity contribution < 1.29 is 9.53 Å². The van der Waals surface area contributed by atoms with Gasteiger partial charge in [0.2, 0.25) is 0 Å². The molecule has 1 amide bonds.